The molecule has 0 aromatic rings. The maximum atomic E-state index is 13.0. The minimum Gasteiger partial charge on any atom is -0.171 e. The second kappa shape index (κ2) is 5.83. The molecule has 0 heterocycles. The molecule has 1 fully saturated rings. The highest BCUT2D eigenvalue weighted by atomic mass is 19.4. The van der Waals surface area contributed by atoms with E-state index in [0.717, 1.165) is 25.7 Å². The molecule has 0 nitrogen and oxygen atoms in total. The quantitative estimate of drug-likeness (QED) is 0.464. The minimum absolute atomic E-state index is 0.125. The number of alkyl halides is 3. The average molecular weight is 264 g/mol. The molecule has 0 aliphatic heterocycles. The molecule has 0 bridgehead atoms. The van der Waals surface area contributed by atoms with Crippen molar-refractivity contribution in [2.75, 3.05) is 0 Å². The van der Waals surface area contributed by atoms with Gasteiger partial charge in [-0.2, -0.15) is 13.2 Å². The van der Waals surface area contributed by atoms with E-state index in [4.69, 9.17) is 0 Å². The Morgan fingerprint density at radius 2 is 1.61 bits per heavy atom. The van der Waals surface area contributed by atoms with Crippen molar-refractivity contribution in [2.45, 2.75) is 84.7 Å². The van der Waals surface area contributed by atoms with Crippen molar-refractivity contribution in [3.05, 3.63) is 0 Å². The summed E-state index contributed by atoms with van der Waals surface area (Å²) in [4.78, 5) is 0. The highest BCUT2D eigenvalue weighted by Crippen LogP contribution is 2.63. The Morgan fingerprint density at radius 1 is 1.00 bits per heavy atom. The zero-order chi connectivity index (χ0) is 13.9. The summed E-state index contributed by atoms with van der Waals surface area (Å²) in [6.07, 6.45) is 3.45. The van der Waals surface area contributed by atoms with Gasteiger partial charge in [-0.05, 0) is 31.1 Å². The van der Waals surface area contributed by atoms with Crippen LogP contribution in [0.5, 0.6) is 0 Å². The number of hydrogen-bond acceptors (Lipinski definition) is 0. The van der Waals surface area contributed by atoms with Crippen LogP contribution in [0.4, 0.5) is 13.2 Å². The molecule has 1 unspecified atom stereocenters. The van der Waals surface area contributed by atoms with Gasteiger partial charge in [0.1, 0.15) is 0 Å². The Labute approximate surface area is 109 Å². The van der Waals surface area contributed by atoms with Gasteiger partial charge in [-0.15, -0.1) is 0 Å². The van der Waals surface area contributed by atoms with Crippen LogP contribution in [0.3, 0.4) is 0 Å². The van der Waals surface area contributed by atoms with E-state index in [9.17, 15) is 13.2 Å². The molecule has 0 N–H and O–H groups in total. The summed E-state index contributed by atoms with van der Waals surface area (Å²) >= 11 is 0. The summed E-state index contributed by atoms with van der Waals surface area (Å²) in [6, 6.07) is 0. The van der Waals surface area contributed by atoms with Gasteiger partial charge >= 0.3 is 6.18 Å². The van der Waals surface area contributed by atoms with Gasteiger partial charge in [0.15, 0.2) is 0 Å². The third-order valence-electron chi connectivity index (χ3n) is 4.71. The van der Waals surface area contributed by atoms with Crippen LogP contribution in [0.2, 0.25) is 0 Å². The van der Waals surface area contributed by atoms with Crippen molar-refractivity contribution < 1.29 is 13.2 Å². The SMILES string of the molecule is CCCCCCC(C)(CC)CC1(C(F)(F)F)CC1. The van der Waals surface area contributed by atoms with Crippen molar-refractivity contribution in [3.8, 4) is 0 Å². The fraction of sp³-hybridized carbons (Fsp3) is 1.00. The molecule has 0 amide bonds. The molecular weight excluding hydrogens is 237 g/mol. The predicted octanol–water partition coefficient (Wildman–Crippen LogP) is 6.11. The summed E-state index contributed by atoms with van der Waals surface area (Å²) in [5.74, 6) is 0. The normalized spacial score (nSPS) is 21.7. The molecule has 1 atom stereocenters. The summed E-state index contributed by atoms with van der Waals surface area (Å²) in [5, 5.41) is 0. The van der Waals surface area contributed by atoms with E-state index in [2.05, 4.69) is 6.92 Å². The van der Waals surface area contributed by atoms with Crippen LogP contribution in [0.1, 0.15) is 78.6 Å². The van der Waals surface area contributed by atoms with Crippen LogP contribution in [0.15, 0.2) is 0 Å². The number of unbranched alkanes of at least 4 members (excludes halogenated alkanes) is 3. The highest BCUT2D eigenvalue weighted by molar-refractivity contribution is 5.02. The van der Waals surface area contributed by atoms with Crippen LogP contribution in [-0.4, -0.2) is 6.18 Å². The molecular formula is C15H27F3. The van der Waals surface area contributed by atoms with E-state index in [-0.39, 0.29) is 5.41 Å². The number of rotatable bonds is 8. The van der Waals surface area contributed by atoms with Crippen molar-refractivity contribution in [2.24, 2.45) is 10.8 Å². The topological polar surface area (TPSA) is 0 Å². The first-order chi connectivity index (χ1) is 8.29. The third-order valence-corrected chi connectivity index (χ3v) is 4.71. The van der Waals surface area contributed by atoms with Crippen LogP contribution < -0.4 is 0 Å². The second-order valence-electron chi connectivity index (χ2n) is 6.43. The number of hydrogen-bond donors (Lipinski definition) is 0. The maximum absolute atomic E-state index is 13.0. The van der Waals surface area contributed by atoms with Crippen LogP contribution >= 0.6 is 0 Å². The van der Waals surface area contributed by atoms with Gasteiger partial charge < -0.3 is 0 Å². The van der Waals surface area contributed by atoms with Crippen LogP contribution in [-0.2, 0) is 0 Å². The average Bonchev–Trinajstić information content (AvgIpc) is 3.05. The lowest BCUT2D eigenvalue weighted by Gasteiger charge is -2.34. The van der Waals surface area contributed by atoms with Gasteiger partial charge in [-0.1, -0.05) is 52.9 Å². The van der Waals surface area contributed by atoms with Gasteiger partial charge in [-0.3, -0.25) is 0 Å². The zero-order valence-electron chi connectivity index (χ0n) is 12.0. The monoisotopic (exact) mass is 264 g/mol. The van der Waals surface area contributed by atoms with E-state index >= 15 is 0 Å². The standard InChI is InChI=1S/C15H27F3/c1-4-6-7-8-9-13(3,5-2)12-14(10-11-14)15(16,17)18/h4-12H2,1-3H3. The van der Waals surface area contributed by atoms with Gasteiger partial charge in [0.2, 0.25) is 0 Å². The molecule has 3 heteroatoms. The van der Waals surface area contributed by atoms with Gasteiger partial charge in [-0.25, -0.2) is 0 Å². The smallest absolute Gasteiger partial charge is 0.171 e. The summed E-state index contributed by atoms with van der Waals surface area (Å²) in [6.45, 7) is 6.24. The molecule has 0 spiro atoms. The molecule has 108 valence electrons. The summed E-state index contributed by atoms with van der Waals surface area (Å²) in [7, 11) is 0. The minimum atomic E-state index is -3.99. The molecule has 0 aromatic carbocycles. The van der Waals surface area contributed by atoms with Crippen molar-refractivity contribution in [1.82, 2.24) is 0 Å². The Bertz CT molecular complexity index is 253. The first-order valence-electron chi connectivity index (χ1n) is 7.35. The first kappa shape index (κ1) is 15.8. The van der Waals surface area contributed by atoms with Crippen molar-refractivity contribution >= 4 is 0 Å². The van der Waals surface area contributed by atoms with E-state index < -0.39 is 11.6 Å². The van der Waals surface area contributed by atoms with Crippen LogP contribution in [0.25, 0.3) is 0 Å². The molecule has 1 rings (SSSR count). The van der Waals surface area contributed by atoms with E-state index in [1.165, 1.54) is 12.8 Å². The molecule has 0 radical (unpaired) electrons. The van der Waals surface area contributed by atoms with Gasteiger partial charge in [0.05, 0.1) is 5.41 Å². The number of halogens is 3. The molecule has 18 heavy (non-hydrogen) atoms. The van der Waals surface area contributed by atoms with E-state index in [1.54, 1.807) is 0 Å². The largest absolute Gasteiger partial charge is 0.394 e. The first-order valence-corrected chi connectivity index (χ1v) is 7.35. The highest BCUT2D eigenvalue weighted by Gasteiger charge is 2.64. The van der Waals surface area contributed by atoms with Crippen LogP contribution in [0, 0.1) is 10.8 Å². The van der Waals surface area contributed by atoms with Gasteiger partial charge in [0.25, 0.3) is 0 Å². The lowest BCUT2D eigenvalue weighted by Crippen LogP contribution is -2.31. The Balaban J connectivity index is 2.50. The van der Waals surface area contributed by atoms with E-state index in [1.807, 2.05) is 13.8 Å². The fourth-order valence-corrected chi connectivity index (χ4v) is 2.90. The predicted molar refractivity (Wildman–Crippen MR) is 69.5 cm³/mol. The fourth-order valence-electron chi connectivity index (χ4n) is 2.90. The Kier molecular flexibility index (Phi) is 5.13. The molecule has 0 aromatic heterocycles. The Hall–Kier alpha value is -0.210. The van der Waals surface area contributed by atoms with Gasteiger partial charge in [0, 0.05) is 0 Å². The summed E-state index contributed by atoms with van der Waals surface area (Å²) < 4.78 is 39.0. The zero-order valence-corrected chi connectivity index (χ0v) is 12.0. The second-order valence-corrected chi connectivity index (χ2v) is 6.43. The molecule has 1 aliphatic rings. The molecule has 1 aliphatic carbocycles. The van der Waals surface area contributed by atoms with Crippen molar-refractivity contribution in [3.63, 3.8) is 0 Å². The maximum Gasteiger partial charge on any atom is 0.394 e. The van der Waals surface area contributed by atoms with E-state index in [0.29, 0.717) is 19.3 Å². The Morgan fingerprint density at radius 3 is 2.00 bits per heavy atom. The lowest BCUT2D eigenvalue weighted by atomic mass is 9.73. The van der Waals surface area contributed by atoms with Crippen molar-refractivity contribution in [1.29, 1.82) is 0 Å². The molecule has 1 saturated carbocycles. The third kappa shape index (κ3) is 3.89. The summed E-state index contributed by atoms with van der Waals surface area (Å²) in [5.41, 5.74) is -1.46. The lowest BCUT2D eigenvalue weighted by molar-refractivity contribution is -0.196. The molecule has 0 saturated heterocycles.